The van der Waals surface area contributed by atoms with Crippen LogP contribution in [0.15, 0.2) is 18.2 Å². The first-order valence-electron chi connectivity index (χ1n) is 6.72. The van der Waals surface area contributed by atoms with Gasteiger partial charge in [-0.05, 0) is 51.1 Å². The zero-order valence-corrected chi connectivity index (χ0v) is 11.5. The highest BCUT2D eigenvalue weighted by Crippen LogP contribution is 2.16. The van der Waals surface area contributed by atoms with Crippen LogP contribution in [0.3, 0.4) is 0 Å². The molecule has 3 nitrogen and oxygen atoms in total. The van der Waals surface area contributed by atoms with Crippen LogP contribution in [0.25, 0.3) is 0 Å². The van der Waals surface area contributed by atoms with Gasteiger partial charge in [-0.2, -0.15) is 5.26 Å². The number of hydrogen-bond donors (Lipinski definition) is 1. The summed E-state index contributed by atoms with van der Waals surface area (Å²) in [5.74, 6) is -0.445. The van der Waals surface area contributed by atoms with E-state index in [2.05, 4.69) is 24.2 Å². The van der Waals surface area contributed by atoms with Crippen LogP contribution >= 0.6 is 0 Å². The molecule has 0 amide bonds. The van der Waals surface area contributed by atoms with Gasteiger partial charge in [0.25, 0.3) is 0 Å². The number of nitrogens with zero attached hydrogens (tertiary/aromatic N) is 2. The van der Waals surface area contributed by atoms with Gasteiger partial charge in [-0.3, -0.25) is 0 Å². The number of nitrogens with one attached hydrogen (secondary N) is 1. The highest BCUT2D eigenvalue weighted by atomic mass is 19.1. The van der Waals surface area contributed by atoms with Crippen molar-refractivity contribution in [2.45, 2.75) is 38.4 Å². The van der Waals surface area contributed by atoms with E-state index in [9.17, 15) is 4.39 Å². The van der Waals surface area contributed by atoms with Gasteiger partial charge in [0.2, 0.25) is 0 Å². The van der Waals surface area contributed by atoms with Gasteiger partial charge in [-0.1, -0.05) is 6.07 Å². The van der Waals surface area contributed by atoms with Gasteiger partial charge in [0.1, 0.15) is 11.9 Å². The number of hydrogen-bond acceptors (Lipinski definition) is 3. The summed E-state index contributed by atoms with van der Waals surface area (Å²) in [5.41, 5.74) is 1.08. The van der Waals surface area contributed by atoms with E-state index in [1.807, 2.05) is 6.07 Å². The Balaban J connectivity index is 1.91. The monoisotopic (exact) mass is 261 g/mol. The van der Waals surface area contributed by atoms with Gasteiger partial charge in [-0.25, -0.2) is 4.39 Å². The van der Waals surface area contributed by atoms with Gasteiger partial charge >= 0.3 is 0 Å². The van der Waals surface area contributed by atoms with Crippen LogP contribution in [0.1, 0.15) is 30.9 Å². The van der Waals surface area contributed by atoms with Crippen molar-refractivity contribution in [2.24, 2.45) is 0 Å². The first kappa shape index (κ1) is 14.0. The minimum atomic E-state index is -0.445. The molecule has 1 aliphatic heterocycles. The van der Waals surface area contributed by atoms with E-state index in [0.717, 1.165) is 24.9 Å². The third kappa shape index (κ3) is 3.52. The van der Waals surface area contributed by atoms with E-state index in [4.69, 9.17) is 5.26 Å². The number of piperidine rings is 1. The Morgan fingerprint density at radius 3 is 3.00 bits per heavy atom. The van der Waals surface area contributed by atoms with Gasteiger partial charge in [0.15, 0.2) is 0 Å². The van der Waals surface area contributed by atoms with Gasteiger partial charge in [0, 0.05) is 18.6 Å². The summed E-state index contributed by atoms with van der Waals surface area (Å²) in [7, 11) is 2.15. The molecule has 1 fully saturated rings. The molecule has 1 heterocycles. The summed E-state index contributed by atoms with van der Waals surface area (Å²) in [6, 6.07) is 7.70. The minimum Gasteiger partial charge on any atom is -0.310 e. The molecule has 1 N–H and O–H groups in total. The zero-order valence-electron chi connectivity index (χ0n) is 11.5. The molecule has 1 saturated heterocycles. The number of halogens is 1. The second-order valence-electron chi connectivity index (χ2n) is 5.36. The van der Waals surface area contributed by atoms with E-state index in [-0.39, 0.29) is 5.56 Å². The summed E-state index contributed by atoms with van der Waals surface area (Å²) in [6.45, 7) is 4.03. The molecule has 0 spiro atoms. The lowest BCUT2D eigenvalue weighted by Crippen LogP contribution is -2.45. The van der Waals surface area contributed by atoms with Gasteiger partial charge in [-0.15, -0.1) is 0 Å². The maximum Gasteiger partial charge on any atom is 0.140 e. The first-order valence-corrected chi connectivity index (χ1v) is 6.72. The Morgan fingerprint density at radius 2 is 2.32 bits per heavy atom. The average molecular weight is 261 g/mol. The molecule has 1 aromatic rings. The Kier molecular flexibility index (Phi) is 4.52. The second-order valence-corrected chi connectivity index (χ2v) is 5.36. The molecule has 1 aliphatic rings. The maximum absolute atomic E-state index is 13.2. The Hall–Kier alpha value is -1.44. The van der Waals surface area contributed by atoms with Crippen molar-refractivity contribution >= 4 is 0 Å². The highest BCUT2D eigenvalue weighted by molar-refractivity contribution is 5.34. The number of rotatable bonds is 3. The van der Waals surface area contributed by atoms with Crippen molar-refractivity contribution in [3.8, 4) is 6.07 Å². The highest BCUT2D eigenvalue weighted by Gasteiger charge is 2.22. The Labute approximate surface area is 114 Å². The van der Waals surface area contributed by atoms with Crippen molar-refractivity contribution in [1.82, 2.24) is 10.2 Å². The fraction of sp³-hybridized carbons (Fsp3) is 0.533. The van der Waals surface area contributed by atoms with Gasteiger partial charge < -0.3 is 10.2 Å². The molecule has 2 atom stereocenters. The van der Waals surface area contributed by atoms with Crippen LogP contribution in [0.4, 0.5) is 4.39 Å². The predicted octanol–water partition coefficient (Wildman–Crippen LogP) is 2.27. The summed E-state index contributed by atoms with van der Waals surface area (Å²) >= 11 is 0. The molecule has 2 unspecified atom stereocenters. The van der Waals surface area contributed by atoms with Crippen LogP contribution < -0.4 is 5.32 Å². The molecule has 4 heteroatoms. The lowest BCUT2D eigenvalue weighted by atomic mass is 9.98. The Morgan fingerprint density at radius 1 is 1.53 bits per heavy atom. The van der Waals surface area contributed by atoms with Crippen LogP contribution in [-0.4, -0.2) is 30.6 Å². The minimum absolute atomic E-state index is 0.121. The smallest absolute Gasteiger partial charge is 0.140 e. The molecule has 0 aromatic heterocycles. The predicted molar refractivity (Wildman–Crippen MR) is 73.1 cm³/mol. The molecular formula is C15H20FN3. The standard InChI is InChI=1S/C15H20FN3/c1-11-7-14(5-6-19(11)2)18-10-12-3-4-15(16)13(8-12)9-17/h3-4,8,11,14,18H,5-7,10H2,1-2H3. The third-order valence-electron chi connectivity index (χ3n) is 3.95. The molecule has 102 valence electrons. The van der Waals surface area contributed by atoms with Gasteiger partial charge in [0.05, 0.1) is 5.56 Å². The number of likely N-dealkylation sites (tertiary alicyclic amines) is 1. The van der Waals surface area contributed by atoms with E-state index in [0.29, 0.717) is 18.6 Å². The van der Waals surface area contributed by atoms with Crippen molar-refractivity contribution in [3.05, 3.63) is 35.1 Å². The van der Waals surface area contributed by atoms with Crippen LogP contribution in [0, 0.1) is 17.1 Å². The summed E-state index contributed by atoms with van der Waals surface area (Å²) in [5, 5.41) is 12.3. The largest absolute Gasteiger partial charge is 0.310 e. The molecule has 0 bridgehead atoms. The SMILES string of the molecule is CC1CC(NCc2ccc(F)c(C#N)c2)CCN1C. The van der Waals surface area contributed by atoms with E-state index in [1.54, 1.807) is 12.1 Å². The summed E-state index contributed by atoms with van der Waals surface area (Å²) in [6.07, 6.45) is 2.26. The Bertz CT molecular complexity index is 481. The number of nitriles is 1. The third-order valence-corrected chi connectivity index (χ3v) is 3.95. The molecular weight excluding hydrogens is 241 g/mol. The van der Waals surface area contributed by atoms with Crippen LogP contribution in [0.2, 0.25) is 0 Å². The average Bonchev–Trinajstić information content (AvgIpc) is 2.41. The fourth-order valence-electron chi connectivity index (χ4n) is 2.51. The second kappa shape index (κ2) is 6.14. The summed E-state index contributed by atoms with van der Waals surface area (Å²) in [4.78, 5) is 2.36. The van der Waals surface area contributed by atoms with Crippen LogP contribution in [0.5, 0.6) is 0 Å². The molecule has 1 aromatic carbocycles. The molecule has 0 saturated carbocycles. The lowest BCUT2D eigenvalue weighted by Gasteiger charge is -2.35. The molecule has 19 heavy (non-hydrogen) atoms. The fourth-order valence-corrected chi connectivity index (χ4v) is 2.51. The maximum atomic E-state index is 13.2. The molecule has 0 aliphatic carbocycles. The van der Waals surface area contributed by atoms with E-state index >= 15 is 0 Å². The topological polar surface area (TPSA) is 39.1 Å². The van der Waals surface area contributed by atoms with E-state index < -0.39 is 5.82 Å². The summed E-state index contributed by atoms with van der Waals surface area (Å²) < 4.78 is 13.2. The number of benzene rings is 1. The van der Waals surface area contributed by atoms with Crippen molar-refractivity contribution in [1.29, 1.82) is 5.26 Å². The lowest BCUT2D eigenvalue weighted by molar-refractivity contribution is 0.168. The molecule has 0 radical (unpaired) electrons. The first-order chi connectivity index (χ1) is 9.10. The van der Waals surface area contributed by atoms with Crippen molar-refractivity contribution < 1.29 is 4.39 Å². The zero-order chi connectivity index (χ0) is 13.8. The molecule has 2 rings (SSSR count). The van der Waals surface area contributed by atoms with Crippen molar-refractivity contribution in [2.75, 3.05) is 13.6 Å². The van der Waals surface area contributed by atoms with Crippen LogP contribution in [-0.2, 0) is 6.54 Å². The quantitative estimate of drug-likeness (QED) is 0.907. The van der Waals surface area contributed by atoms with E-state index in [1.165, 1.54) is 6.07 Å². The van der Waals surface area contributed by atoms with Crippen molar-refractivity contribution in [3.63, 3.8) is 0 Å². The normalized spacial score (nSPS) is 24.1.